The summed E-state index contributed by atoms with van der Waals surface area (Å²) in [6.07, 6.45) is 4.50. The van der Waals surface area contributed by atoms with E-state index in [1.54, 1.807) is 13.2 Å². The Balaban J connectivity index is 2.27. The van der Waals surface area contributed by atoms with Gasteiger partial charge in [0.15, 0.2) is 0 Å². The lowest BCUT2D eigenvalue weighted by molar-refractivity contribution is 0.415. The largest absolute Gasteiger partial charge is 0.495 e. The number of hydrogen-bond acceptors (Lipinski definition) is 2. The molecule has 1 rings (SSSR count). The predicted molar refractivity (Wildman–Crippen MR) is 88.3 cm³/mol. The summed E-state index contributed by atoms with van der Waals surface area (Å²) in [6, 6.07) is 3.71. The molecule has 0 saturated carbocycles. The lowest BCUT2D eigenvalue weighted by Crippen LogP contribution is -2.20. The van der Waals surface area contributed by atoms with Crippen LogP contribution in [0.5, 0.6) is 5.75 Å². The molecule has 114 valence electrons. The molecule has 0 fully saturated rings. The van der Waals surface area contributed by atoms with Crippen LogP contribution in [0.15, 0.2) is 12.1 Å². The Kier molecular flexibility index (Phi) is 8.35. The third-order valence-electron chi connectivity index (χ3n) is 3.17. The average Bonchev–Trinajstić information content (AvgIpc) is 2.40. The van der Waals surface area contributed by atoms with Crippen LogP contribution in [-0.2, 0) is 6.42 Å². The number of benzene rings is 1. The molecule has 0 aliphatic carbocycles. The molecular formula is C16H25Cl2NO. The molecule has 0 radical (unpaired) electrons. The number of halogens is 2. The Labute approximate surface area is 132 Å². The summed E-state index contributed by atoms with van der Waals surface area (Å²) in [6.45, 7) is 6.64. The van der Waals surface area contributed by atoms with E-state index in [1.165, 1.54) is 12.8 Å². The molecule has 1 aromatic rings. The average molecular weight is 318 g/mol. The molecule has 4 heteroatoms. The van der Waals surface area contributed by atoms with E-state index in [2.05, 4.69) is 19.2 Å². The van der Waals surface area contributed by atoms with Crippen molar-refractivity contribution in [1.29, 1.82) is 0 Å². The minimum atomic E-state index is 0.630. The van der Waals surface area contributed by atoms with E-state index >= 15 is 0 Å². The molecule has 1 aromatic carbocycles. The highest BCUT2D eigenvalue weighted by atomic mass is 35.5. The molecule has 0 atom stereocenters. The number of unbranched alkanes of at least 4 members (excludes halogenated alkanes) is 2. The number of aryl methyl sites for hydroxylation is 1. The van der Waals surface area contributed by atoms with Crippen molar-refractivity contribution in [2.45, 2.75) is 39.5 Å². The van der Waals surface area contributed by atoms with E-state index in [-0.39, 0.29) is 0 Å². The van der Waals surface area contributed by atoms with E-state index in [0.717, 1.165) is 42.4 Å². The third-order valence-corrected chi connectivity index (χ3v) is 3.82. The zero-order chi connectivity index (χ0) is 15.0. The first-order valence-electron chi connectivity index (χ1n) is 7.27. The maximum atomic E-state index is 6.23. The van der Waals surface area contributed by atoms with Gasteiger partial charge in [0, 0.05) is 11.1 Å². The fraction of sp³-hybridized carbons (Fsp3) is 0.625. The molecular weight excluding hydrogens is 293 g/mol. The molecule has 0 aromatic heterocycles. The summed E-state index contributed by atoms with van der Waals surface area (Å²) in [5, 5.41) is 4.83. The van der Waals surface area contributed by atoms with Gasteiger partial charge in [-0.1, -0.05) is 43.5 Å². The highest BCUT2D eigenvalue weighted by Crippen LogP contribution is 2.31. The summed E-state index contributed by atoms with van der Waals surface area (Å²) >= 11 is 12.3. The second kappa shape index (κ2) is 9.49. The predicted octanol–water partition coefficient (Wildman–Crippen LogP) is 4.96. The van der Waals surface area contributed by atoms with Gasteiger partial charge in [-0.25, -0.2) is 0 Å². The number of rotatable bonds is 9. The van der Waals surface area contributed by atoms with Crippen molar-refractivity contribution in [2.75, 3.05) is 20.2 Å². The highest BCUT2D eigenvalue weighted by Gasteiger charge is 2.07. The van der Waals surface area contributed by atoms with Crippen molar-refractivity contribution >= 4 is 23.2 Å². The standard InChI is InChI=1S/C16H25Cl2NO/c1-12(2)11-19-8-6-4-5-7-13-9-15(18)16(20-3)10-14(13)17/h9-10,12,19H,4-8,11H2,1-3H3. The Morgan fingerprint density at radius 2 is 1.85 bits per heavy atom. The summed E-state index contributed by atoms with van der Waals surface area (Å²) in [7, 11) is 1.60. The number of nitrogens with one attached hydrogen (secondary N) is 1. The fourth-order valence-corrected chi connectivity index (χ4v) is 2.56. The van der Waals surface area contributed by atoms with Crippen molar-refractivity contribution < 1.29 is 4.74 Å². The Bertz CT molecular complexity index is 408. The van der Waals surface area contributed by atoms with Gasteiger partial charge in [0.1, 0.15) is 5.75 Å². The molecule has 0 bridgehead atoms. The smallest absolute Gasteiger partial charge is 0.138 e. The minimum absolute atomic E-state index is 0.630. The van der Waals surface area contributed by atoms with Crippen LogP contribution in [0, 0.1) is 5.92 Å². The first-order chi connectivity index (χ1) is 9.54. The quantitative estimate of drug-likeness (QED) is 0.650. The third kappa shape index (κ3) is 6.34. The molecule has 1 N–H and O–H groups in total. The molecule has 0 spiro atoms. The van der Waals surface area contributed by atoms with Gasteiger partial charge in [-0.2, -0.15) is 0 Å². The Hall–Kier alpha value is -0.440. The van der Waals surface area contributed by atoms with Crippen molar-refractivity contribution in [3.63, 3.8) is 0 Å². The van der Waals surface area contributed by atoms with E-state index in [9.17, 15) is 0 Å². The lowest BCUT2D eigenvalue weighted by atomic mass is 10.1. The topological polar surface area (TPSA) is 21.3 Å². The SMILES string of the molecule is COc1cc(Cl)c(CCCCCNCC(C)C)cc1Cl. The molecule has 0 aliphatic rings. The maximum absolute atomic E-state index is 6.23. The first kappa shape index (κ1) is 17.6. The number of ether oxygens (including phenoxy) is 1. The molecule has 0 unspecified atom stereocenters. The normalized spacial score (nSPS) is 11.1. The van der Waals surface area contributed by atoms with E-state index in [1.807, 2.05) is 6.07 Å². The van der Waals surface area contributed by atoms with Crippen LogP contribution >= 0.6 is 23.2 Å². The lowest BCUT2D eigenvalue weighted by Gasteiger charge is -2.09. The van der Waals surface area contributed by atoms with Gasteiger partial charge < -0.3 is 10.1 Å². The van der Waals surface area contributed by atoms with Crippen LogP contribution in [-0.4, -0.2) is 20.2 Å². The van der Waals surface area contributed by atoms with Gasteiger partial charge in [0.05, 0.1) is 12.1 Å². The van der Waals surface area contributed by atoms with Crippen LogP contribution < -0.4 is 10.1 Å². The van der Waals surface area contributed by atoms with Gasteiger partial charge in [-0.15, -0.1) is 0 Å². The Morgan fingerprint density at radius 1 is 1.10 bits per heavy atom. The monoisotopic (exact) mass is 317 g/mol. The van der Waals surface area contributed by atoms with E-state index in [4.69, 9.17) is 27.9 Å². The van der Waals surface area contributed by atoms with Crippen molar-refractivity contribution in [1.82, 2.24) is 5.32 Å². The first-order valence-corrected chi connectivity index (χ1v) is 8.02. The van der Waals surface area contributed by atoms with Gasteiger partial charge >= 0.3 is 0 Å². The van der Waals surface area contributed by atoms with E-state index < -0.39 is 0 Å². The second-order valence-electron chi connectivity index (χ2n) is 5.49. The van der Waals surface area contributed by atoms with Crippen LogP contribution in [0.1, 0.15) is 38.7 Å². The highest BCUT2D eigenvalue weighted by molar-refractivity contribution is 6.34. The summed E-state index contributed by atoms with van der Waals surface area (Å²) in [4.78, 5) is 0. The van der Waals surface area contributed by atoms with Crippen LogP contribution in [0.4, 0.5) is 0 Å². The van der Waals surface area contributed by atoms with Crippen molar-refractivity contribution in [3.05, 3.63) is 27.7 Å². The molecule has 0 aliphatic heterocycles. The molecule has 0 heterocycles. The maximum Gasteiger partial charge on any atom is 0.138 e. The molecule has 20 heavy (non-hydrogen) atoms. The van der Waals surface area contributed by atoms with E-state index in [0.29, 0.717) is 10.8 Å². The summed E-state index contributed by atoms with van der Waals surface area (Å²) in [5.74, 6) is 1.36. The summed E-state index contributed by atoms with van der Waals surface area (Å²) in [5.41, 5.74) is 1.10. The van der Waals surface area contributed by atoms with Crippen molar-refractivity contribution in [2.24, 2.45) is 5.92 Å². The number of hydrogen-bond donors (Lipinski definition) is 1. The van der Waals surface area contributed by atoms with Crippen LogP contribution in [0.2, 0.25) is 10.0 Å². The zero-order valence-electron chi connectivity index (χ0n) is 12.6. The second-order valence-corrected chi connectivity index (χ2v) is 6.30. The van der Waals surface area contributed by atoms with Gasteiger partial charge in [0.25, 0.3) is 0 Å². The van der Waals surface area contributed by atoms with Crippen LogP contribution in [0.25, 0.3) is 0 Å². The fourth-order valence-electron chi connectivity index (χ4n) is 2.05. The Morgan fingerprint density at radius 3 is 2.50 bits per heavy atom. The van der Waals surface area contributed by atoms with Gasteiger partial charge in [-0.05, 0) is 49.9 Å². The minimum Gasteiger partial charge on any atom is -0.495 e. The molecule has 0 amide bonds. The van der Waals surface area contributed by atoms with Crippen LogP contribution in [0.3, 0.4) is 0 Å². The zero-order valence-corrected chi connectivity index (χ0v) is 14.2. The molecule has 2 nitrogen and oxygen atoms in total. The van der Waals surface area contributed by atoms with Crippen molar-refractivity contribution in [3.8, 4) is 5.75 Å². The van der Waals surface area contributed by atoms with Gasteiger partial charge in [0.2, 0.25) is 0 Å². The summed E-state index contributed by atoms with van der Waals surface area (Å²) < 4.78 is 5.15. The van der Waals surface area contributed by atoms with Gasteiger partial charge in [-0.3, -0.25) is 0 Å². The number of methoxy groups -OCH3 is 1. The molecule has 0 saturated heterocycles.